The van der Waals surface area contributed by atoms with Crippen LogP contribution in [0.2, 0.25) is 0 Å². The Morgan fingerprint density at radius 3 is 2.86 bits per heavy atom. The van der Waals surface area contributed by atoms with Crippen LogP contribution in [-0.4, -0.2) is 16.8 Å². The van der Waals surface area contributed by atoms with Crippen molar-refractivity contribution < 1.29 is 4.74 Å². The zero-order chi connectivity index (χ0) is 15.2. The van der Waals surface area contributed by atoms with Crippen molar-refractivity contribution in [3.8, 4) is 5.75 Å². The predicted molar refractivity (Wildman–Crippen MR) is 85.5 cm³/mol. The van der Waals surface area contributed by atoms with E-state index in [9.17, 15) is 0 Å². The maximum atomic E-state index is 6.02. The number of aryl methyl sites for hydroxylation is 1. The quantitative estimate of drug-likeness (QED) is 0.847. The van der Waals surface area contributed by atoms with Crippen molar-refractivity contribution >= 4 is 0 Å². The molecule has 114 valence electrons. The van der Waals surface area contributed by atoms with E-state index in [0.29, 0.717) is 12.6 Å². The van der Waals surface area contributed by atoms with Crippen LogP contribution < -0.4 is 10.1 Å². The van der Waals surface area contributed by atoms with Gasteiger partial charge in [0.25, 0.3) is 0 Å². The third-order valence-electron chi connectivity index (χ3n) is 3.73. The minimum absolute atomic E-state index is 0.428. The van der Waals surface area contributed by atoms with Gasteiger partial charge in [-0.2, -0.15) is 5.10 Å². The van der Waals surface area contributed by atoms with Gasteiger partial charge in [0.2, 0.25) is 0 Å². The number of rotatable bonds is 7. The molecule has 0 spiro atoms. The van der Waals surface area contributed by atoms with E-state index in [1.807, 2.05) is 24.0 Å². The molecule has 0 radical (unpaired) electrons. The van der Waals surface area contributed by atoms with Crippen LogP contribution in [0.1, 0.15) is 43.1 Å². The first-order chi connectivity index (χ1) is 10.2. The maximum Gasteiger partial charge on any atom is 0.132 e. The molecule has 0 aliphatic rings. The molecule has 0 saturated carbocycles. The van der Waals surface area contributed by atoms with Crippen molar-refractivity contribution in [3.05, 3.63) is 47.3 Å². The fourth-order valence-corrected chi connectivity index (χ4v) is 2.28. The van der Waals surface area contributed by atoms with Gasteiger partial charge in [-0.3, -0.25) is 4.68 Å². The summed E-state index contributed by atoms with van der Waals surface area (Å²) in [7, 11) is 1.94. The Morgan fingerprint density at radius 1 is 1.33 bits per heavy atom. The van der Waals surface area contributed by atoms with Crippen molar-refractivity contribution in [1.29, 1.82) is 0 Å². The second-order valence-corrected chi connectivity index (χ2v) is 5.43. The molecule has 1 aromatic heterocycles. The van der Waals surface area contributed by atoms with E-state index >= 15 is 0 Å². The fraction of sp³-hybridized carbons (Fsp3) is 0.471. The number of hydrogen-bond acceptors (Lipinski definition) is 3. The Hall–Kier alpha value is -1.81. The Bertz CT molecular complexity index is 577. The standard InChI is InChI=1S/C17H25N3O/c1-5-14(3)20-10-9-16(19-20)12-21-17-13(2)7-6-8-15(17)11-18-4/h6-10,14,18H,5,11-12H2,1-4H3. The Kier molecular flexibility index (Phi) is 5.39. The zero-order valence-electron chi connectivity index (χ0n) is 13.4. The highest BCUT2D eigenvalue weighted by atomic mass is 16.5. The van der Waals surface area contributed by atoms with Gasteiger partial charge in [0.1, 0.15) is 12.4 Å². The number of hydrogen-bond donors (Lipinski definition) is 1. The summed E-state index contributed by atoms with van der Waals surface area (Å²) in [5, 5.41) is 7.75. The van der Waals surface area contributed by atoms with Crippen molar-refractivity contribution in [2.24, 2.45) is 0 Å². The third-order valence-corrected chi connectivity index (χ3v) is 3.73. The van der Waals surface area contributed by atoms with Gasteiger partial charge >= 0.3 is 0 Å². The molecular weight excluding hydrogens is 262 g/mol. The Labute approximate surface area is 127 Å². The van der Waals surface area contributed by atoms with Crippen LogP contribution in [0, 0.1) is 6.92 Å². The summed E-state index contributed by atoms with van der Waals surface area (Å²) in [6.07, 6.45) is 3.10. The summed E-state index contributed by atoms with van der Waals surface area (Å²) in [5.41, 5.74) is 3.30. The van der Waals surface area contributed by atoms with Gasteiger partial charge in [-0.05, 0) is 38.9 Å². The largest absolute Gasteiger partial charge is 0.487 e. The van der Waals surface area contributed by atoms with E-state index in [-0.39, 0.29) is 0 Å². The molecule has 0 aliphatic carbocycles. The summed E-state index contributed by atoms with van der Waals surface area (Å²) in [4.78, 5) is 0. The van der Waals surface area contributed by atoms with Gasteiger partial charge in [-0.25, -0.2) is 0 Å². The van der Waals surface area contributed by atoms with Crippen LogP contribution >= 0.6 is 0 Å². The van der Waals surface area contributed by atoms with E-state index in [2.05, 4.69) is 49.4 Å². The Morgan fingerprint density at radius 2 is 2.14 bits per heavy atom. The fourth-order valence-electron chi connectivity index (χ4n) is 2.28. The molecule has 1 N–H and O–H groups in total. The molecule has 0 aliphatic heterocycles. The summed E-state index contributed by atoms with van der Waals surface area (Å²) in [5.74, 6) is 0.963. The maximum absolute atomic E-state index is 6.02. The smallest absolute Gasteiger partial charge is 0.132 e. The molecule has 0 fully saturated rings. The van der Waals surface area contributed by atoms with Gasteiger partial charge in [0, 0.05) is 24.3 Å². The first-order valence-electron chi connectivity index (χ1n) is 7.55. The van der Waals surface area contributed by atoms with E-state index in [4.69, 9.17) is 4.74 Å². The molecule has 4 heteroatoms. The molecular formula is C17H25N3O. The zero-order valence-corrected chi connectivity index (χ0v) is 13.4. The minimum atomic E-state index is 0.428. The molecule has 2 rings (SSSR count). The number of nitrogens with zero attached hydrogens (tertiary/aromatic N) is 2. The average Bonchev–Trinajstić information content (AvgIpc) is 2.95. The minimum Gasteiger partial charge on any atom is -0.487 e. The van der Waals surface area contributed by atoms with Crippen LogP contribution in [0.3, 0.4) is 0 Å². The highest BCUT2D eigenvalue weighted by molar-refractivity contribution is 5.40. The highest BCUT2D eigenvalue weighted by Crippen LogP contribution is 2.24. The van der Waals surface area contributed by atoms with Crippen molar-refractivity contribution in [2.75, 3.05) is 7.05 Å². The lowest BCUT2D eigenvalue weighted by Crippen LogP contribution is -2.09. The first-order valence-corrected chi connectivity index (χ1v) is 7.55. The Balaban J connectivity index is 2.07. The van der Waals surface area contributed by atoms with E-state index in [1.54, 1.807) is 0 Å². The monoisotopic (exact) mass is 287 g/mol. The van der Waals surface area contributed by atoms with Gasteiger partial charge in [-0.15, -0.1) is 0 Å². The van der Waals surface area contributed by atoms with Crippen molar-refractivity contribution in [2.45, 2.75) is 46.4 Å². The highest BCUT2D eigenvalue weighted by Gasteiger charge is 2.09. The summed E-state index contributed by atoms with van der Waals surface area (Å²) in [6.45, 7) is 7.72. The van der Waals surface area contributed by atoms with Crippen molar-refractivity contribution in [1.82, 2.24) is 15.1 Å². The van der Waals surface area contributed by atoms with Crippen LogP contribution in [0.25, 0.3) is 0 Å². The second-order valence-electron chi connectivity index (χ2n) is 5.43. The first kappa shape index (κ1) is 15.6. The predicted octanol–water partition coefficient (Wildman–Crippen LogP) is 3.46. The number of nitrogens with one attached hydrogen (secondary N) is 1. The molecule has 1 heterocycles. The molecule has 1 unspecified atom stereocenters. The number of para-hydroxylation sites is 1. The van der Waals surface area contributed by atoms with Gasteiger partial charge in [0.05, 0.1) is 5.69 Å². The van der Waals surface area contributed by atoms with Gasteiger partial charge in [-0.1, -0.05) is 25.1 Å². The number of aromatic nitrogens is 2. The molecule has 21 heavy (non-hydrogen) atoms. The van der Waals surface area contributed by atoms with Crippen LogP contribution in [0.4, 0.5) is 0 Å². The average molecular weight is 287 g/mol. The lowest BCUT2D eigenvalue weighted by Gasteiger charge is -2.13. The molecule has 0 saturated heterocycles. The van der Waals surface area contributed by atoms with E-state index in [1.165, 1.54) is 5.56 Å². The lowest BCUT2D eigenvalue weighted by atomic mass is 10.1. The topological polar surface area (TPSA) is 39.1 Å². The summed E-state index contributed by atoms with van der Waals surface area (Å²) in [6, 6.07) is 8.69. The molecule has 0 bridgehead atoms. The SMILES string of the molecule is CCC(C)n1ccc(COc2c(C)cccc2CNC)n1. The molecule has 4 nitrogen and oxygen atoms in total. The van der Waals surface area contributed by atoms with Crippen LogP contribution in [0.5, 0.6) is 5.75 Å². The van der Waals surface area contributed by atoms with E-state index in [0.717, 1.165) is 30.0 Å². The van der Waals surface area contributed by atoms with E-state index < -0.39 is 0 Å². The van der Waals surface area contributed by atoms with Crippen LogP contribution in [-0.2, 0) is 13.2 Å². The number of benzene rings is 1. The van der Waals surface area contributed by atoms with Crippen molar-refractivity contribution in [3.63, 3.8) is 0 Å². The summed E-state index contributed by atoms with van der Waals surface area (Å²) < 4.78 is 8.02. The molecule has 1 atom stereocenters. The third kappa shape index (κ3) is 3.85. The van der Waals surface area contributed by atoms with Crippen LogP contribution in [0.15, 0.2) is 30.5 Å². The number of ether oxygens (including phenoxy) is 1. The van der Waals surface area contributed by atoms with Gasteiger partial charge < -0.3 is 10.1 Å². The molecule has 0 amide bonds. The lowest BCUT2D eigenvalue weighted by molar-refractivity contribution is 0.292. The normalized spacial score (nSPS) is 12.4. The second kappa shape index (κ2) is 7.27. The van der Waals surface area contributed by atoms with Gasteiger partial charge in [0.15, 0.2) is 0 Å². The summed E-state index contributed by atoms with van der Waals surface area (Å²) >= 11 is 0. The molecule has 1 aromatic carbocycles. The molecule has 2 aromatic rings.